The first kappa shape index (κ1) is 17.5. The van der Waals surface area contributed by atoms with Crippen molar-refractivity contribution >= 4 is 17.6 Å². The van der Waals surface area contributed by atoms with Gasteiger partial charge in [-0.15, -0.1) is 6.42 Å². The van der Waals surface area contributed by atoms with Crippen LogP contribution in [0.1, 0.15) is 29.5 Å². The van der Waals surface area contributed by atoms with Crippen LogP contribution in [0.5, 0.6) is 0 Å². The number of likely N-dealkylation sites (N-methyl/N-ethyl adjacent to an activating group) is 1. The number of carbonyl (C=O) groups excluding carboxylic acids is 1. The van der Waals surface area contributed by atoms with Gasteiger partial charge < -0.3 is 11.1 Å². The number of carbonyl (C=O) groups is 1. The molecule has 1 heterocycles. The molecule has 1 amide bonds. The molecule has 1 aliphatic heterocycles. The van der Waals surface area contributed by atoms with Crippen LogP contribution < -0.4 is 11.1 Å². The highest BCUT2D eigenvalue weighted by Gasteiger charge is 2.48. The number of nitrogens with one attached hydrogen (secondary N) is 2. The lowest BCUT2D eigenvalue weighted by atomic mass is 9.73. The third-order valence-electron chi connectivity index (χ3n) is 4.84. The van der Waals surface area contributed by atoms with Crippen LogP contribution in [0, 0.1) is 23.6 Å². The van der Waals surface area contributed by atoms with Crippen LogP contribution in [-0.2, 0) is 10.3 Å². The first-order chi connectivity index (χ1) is 12.3. The van der Waals surface area contributed by atoms with Crippen molar-refractivity contribution in [1.82, 2.24) is 10.2 Å². The Labute approximate surface area is 151 Å². The highest BCUT2D eigenvalue weighted by atomic mass is 19.1. The van der Waals surface area contributed by atoms with Gasteiger partial charge in [0.05, 0.1) is 17.0 Å². The van der Waals surface area contributed by atoms with E-state index >= 15 is 0 Å². The minimum absolute atomic E-state index is 0.0307. The molecule has 0 saturated carbocycles. The summed E-state index contributed by atoms with van der Waals surface area (Å²) < 4.78 is 14.3. The van der Waals surface area contributed by atoms with Crippen molar-refractivity contribution in [1.29, 1.82) is 5.41 Å². The topological polar surface area (TPSA) is 82.2 Å². The second kappa shape index (κ2) is 6.19. The fourth-order valence-electron chi connectivity index (χ4n) is 3.36. The Morgan fingerprint density at radius 3 is 2.69 bits per heavy atom. The summed E-state index contributed by atoms with van der Waals surface area (Å²) in [6.07, 6.45) is 5.29. The molecule has 3 rings (SSSR count). The van der Waals surface area contributed by atoms with E-state index in [-0.39, 0.29) is 17.4 Å². The van der Waals surface area contributed by atoms with E-state index in [4.69, 9.17) is 17.6 Å². The average molecular weight is 350 g/mol. The second-order valence-electron chi connectivity index (χ2n) is 6.52. The molecule has 26 heavy (non-hydrogen) atoms. The third kappa shape index (κ3) is 2.68. The second-order valence-corrected chi connectivity index (χ2v) is 6.52. The number of guanidine groups is 1. The molecule has 132 valence electrons. The van der Waals surface area contributed by atoms with Crippen molar-refractivity contribution in [2.75, 3.05) is 12.8 Å². The van der Waals surface area contributed by atoms with Gasteiger partial charge >= 0.3 is 0 Å². The molecule has 4 N–H and O–H groups in total. The van der Waals surface area contributed by atoms with E-state index in [0.29, 0.717) is 11.3 Å². The summed E-state index contributed by atoms with van der Waals surface area (Å²) in [5, 5.41) is 11.2. The quantitative estimate of drug-likeness (QED) is 0.574. The Morgan fingerprint density at radius 1 is 1.35 bits per heavy atom. The molecule has 0 spiro atoms. The molecule has 0 unspecified atom stereocenters. The molecule has 1 aliphatic rings. The third-order valence-corrected chi connectivity index (χ3v) is 4.84. The average Bonchev–Trinajstić information content (AvgIpc) is 2.60. The van der Waals surface area contributed by atoms with Gasteiger partial charge in [0.1, 0.15) is 5.82 Å². The molecule has 0 radical (unpaired) electrons. The van der Waals surface area contributed by atoms with Crippen molar-refractivity contribution < 1.29 is 9.18 Å². The molecule has 1 fully saturated rings. The highest BCUT2D eigenvalue weighted by Crippen LogP contribution is 2.41. The number of nitrogens with zero attached hydrogens (tertiary/aromatic N) is 1. The molecule has 1 saturated heterocycles. The van der Waals surface area contributed by atoms with Gasteiger partial charge in [0, 0.05) is 12.7 Å². The first-order valence-electron chi connectivity index (χ1n) is 8.04. The molecule has 5 nitrogen and oxygen atoms in total. The van der Waals surface area contributed by atoms with Gasteiger partial charge in [-0.25, -0.2) is 4.39 Å². The van der Waals surface area contributed by atoms with Crippen LogP contribution in [0.3, 0.4) is 0 Å². The van der Waals surface area contributed by atoms with E-state index in [2.05, 4.69) is 11.2 Å². The summed E-state index contributed by atoms with van der Waals surface area (Å²) in [6.45, 7) is 1.80. The maximum absolute atomic E-state index is 14.3. The Kier molecular flexibility index (Phi) is 4.17. The van der Waals surface area contributed by atoms with Gasteiger partial charge in [0.2, 0.25) is 5.91 Å². The van der Waals surface area contributed by atoms with Crippen LogP contribution >= 0.6 is 0 Å². The van der Waals surface area contributed by atoms with Gasteiger partial charge in [0.25, 0.3) is 0 Å². The van der Waals surface area contributed by atoms with Gasteiger partial charge in [-0.3, -0.25) is 15.1 Å². The maximum atomic E-state index is 14.3. The highest BCUT2D eigenvalue weighted by molar-refractivity contribution is 6.02. The monoisotopic (exact) mass is 350 g/mol. The van der Waals surface area contributed by atoms with Crippen molar-refractivity contribution in [3.8, 4) is 12.3 Å². The van der Waals surface area contributed by atoms with Crippen LogP contribution in [-0.4, -0.2) is 23.8 Å². The summed E-state index contributed by atoms with van der Waals surface area (Å²) >= 11 is 0. The van der Waals surface area contributed by atoms with Gasteiger partial charge in [-0.2, -0.15) is 0 Å². The number of terminal acetylenes is 1. The number of hydrogen-bond donors (Lipinski definition) is 3. The van der Waals surface area contributed by atoms with Crippen molar-refractivity contribution in [3.05, 3.63) is 65.0 Å². The predicted octanol–water partition coefficient (Wildman–Crippen LogP) is 2.38. The summed E-state index contributed by atoms with van der Waals surface area (Å²) in [4.78, 5) is 14.2. The standard InChI is InChI=1S/C20H19FN4O/c1-4-12-8-9-13(10-16(12)21)17-18(26)25(3)19(23)24-20(17,2)14-6-5-7-15(22)11-14/h1,5-11,17H,22H2,2-3H3,(H2,23,24)/t17-,20-/m1/s1. The van der Waals surface area contributed by atoms with Crippen LogP contribution in [0.25, 0.3) is 0 Å². The number of hydrogen-bond acceptors (Lipinski definition) is 3. The Morgan fingerprint density at radius 2 is 2.08 bits per heavy atom. The molecule has 2 atom stereocenters. The Bertz CT molecular complexity index is 949. The number of anilines is 1. The van der Waals surface area contributed by atoms with Gasteiger partial charge in [0.15, 0.2) is 5.96 Å². The molecule has 0 aromatic heterocycles. The summed E-state index contributed by atoms with van der Waals surface area (Å²) in [7, 11) is 1.51. The summed E-state index contributed by atoms with van der Waals surface area (Å²) in [6, 6.07) is 11.5. The SMILES string of the molecule is C#Cc1ccc([C@@H]2C(=O)N(C)C(=N)N[C@]2(C)c2cccc(N)c2)cc1F. The van der Waals surface area contributed by atoms with Crippen molar-refractivity contribution in [3.63, 3.8) is 0 Å². The molecule has 2 aromatic carbocycles. The fourth-order valence-corrected chi connectivity index (χ4v) is 3.36. The molecule has 0 aliphatic carbocycles. The number of benzene rings is 2. The Balaban J connectivity index is 2.20. The van der Waals surface area contributed by atoms with E-state index < -0.39 is 17.3 Å². The minimum Gasteiger partial charge on any atom is -0.399 e. The number of halogens is 1. The molecule has 0 bridgehead atoms. The number of nitrogen functional groups attached to an aromatic ring is 1. The summed E-state index contributed by atoms with van der Waals surface area (Å²) in [5.41, 5.74) is 6.82. The molecular formula is C20H19FN4O. The molecule has 6 heteroatoms. The zero-order valence-corrected chi connectivity index (χ0v) is 14.5. The van der Waals surface area contributed by atoms with E-state index in [9.17, 15) is 9.18 Å². The van der Waals surface area contributed by atoms with E-state index in [0.717, 1.165) is 5.56 Å². The van der Waals surface area contributed by atoms with E-state index in [1.165, 1.54) is 24.1 Å². The van der Waals surface area contributed by atoms with Crippen LogP contribution in [0.2, 0.25) is 0 Å². The van der Waals surface area contributed by atoms with Gasteiger partial charge in [-0.1, -0.05) is 24.1 Å². The number of rotatable bonds is 2. The van der Waals surface area contributed by atoms with Crippen molar-refractivity contribution in [2.45, 2.75) is 18.4 Å². The largest absolute Gasteiger partial charge is 0.399 e. The van der Waals surface area contributed by atoms with Crippen LogP contribution in [0.4, 0.5) is 10.1 Å². The zero-order valence-electron chi connectivity index (χ0n) is 14.5. The van der Waals surface area contributed by atoms with E-state index in [1.807, 2.05) is 6.07 Å². The maximum Gasteiger partial charge on any atom is 0.239 e. The first-order valence-corrected chi connectivity index (χ1v) is 8.04. The minimum atomic E-state index is -0.972. The predicted molar refractivity (Wildman–Crippen MR) is 98.9 cm³/mol. The molecule has 2 aromatic rings. The lowest BCUT2D eigenvalue weighted by Gasteiger charge is -2.46. The molecular weight excluding hydrogens is 331 g/mol. The lowest BCUT2D eigenvalue weighted by molar-refractivity contribution is -0.131. The Hall–Kier alpha value is -3.33. The normalized spacial score (nSPS) is 22.7. The van der Waals surface area contributed by atoms with Crippen LogP contribution in [0.15, 0.2) is 42.5 Å². The zero-order chi connectivity index (χ0) is 19.1. The smallest absolute Gasteiger partial charge is 0.239 e. The van der Waals surface area contributed by atoms with E-state index in [1.54, 1.807) is 31.2 Å². The lowest BCUT2D eigenvalue weighted by Crippen LogP contribution is -2.62. The van der Waals surface area contributed by atoms with Crippen molar-refractivity contribution in [2.24, 2.45) is 0 Å². The fraction of sp³-hybridized carbons (Fsp3) is 0.200. The summed E-state index contributed by atoms with van der Waals surface area (Å²) in [5.74, 6) is 0.613. The number of amides is 1. The van der Waals surface area contributed by atoms with Gasteiger partial charge in [-0.05, 0) is 42.3 Å². The number of nitrogens with two attached hydrogens (primary N) is 1.